The van der Waals surface area contributed by atoms with Gasteiger partial charge in [-0.25, -0.2) is 0 Å². The maximum atomic E-state index is 13.2. The van der Waals surface area contributed by atoms with E-state index in [0.29, 0.717) is 6.42 Å². The molecule has 1 heterocycles. The molecule has 1 N–H and O–H groups in total. The Bertz CT molecular complexity index is 618. The lowest BCUT2D eigenvalue weighted by atomic mass is 9.86. The molecule has 138 valence electrons. The predicted molar refractivity (Wildman–Crippen MR) is 85.9 cm³/mol. The summed E-state index contributed by atoms with van der Waals surface area (Å²) in [5.41, 5.74) is -1.70. The summed E-state index contributed by atoms with van der Waals surface area (Å²) in [6, 6.07) is 9.74. The molecule has 2 unspecified atom stereocenters. The van der Waals surface area contributed by atoms with Crippen LogP contribution in [0.4, 0.5) is 13.2 Å². The molecule has 7 heteroatoms. The Morgan fingerprint density at radius 2 is 1.92 bits per heavy atom. The lowest BCUT2D eigenvalue weighted by Gasteiger charge is -2.28. The molecule has 0 radical (unpaired) electrons. The molecule has 2 atom stereocenters. The maximum Gasteiger partial charge on any atom is 0.406 e. The highest BCUT2D eigenvalue weighted by atomic mass is 19.4. The molecule has 1 aromatic carbocycles. The average molecular weight is 357 g/mol. The van der Waals surface area contributed by atoms with Crippen LogP contribution in [0, 0.1) is 11.3 Å². The number of rotatable bonds is 6. The molecular formula is C18H22F3NO3. The van der Waals surface area contributed by atoms with Crippen LogP contribution in [-0.4, -0.2) is 41.1 Å². The third kappa shape index (κ3) is 4.14. The first-order valence-corrected chi connectivity index (χ1v) is 8.30. The van der Waals surface area contributed by atoms with Crippen LogP contribution in [0.5, 0.6) is 0 Å². The Morgan fingerprint density at radius 1 is 1.28 bits per heavy atom. The van der Waals surface area contributed by atoms with E-state index in [1.807, 2.05) is 30.3 Å². The molecule has 2 rings (SSSR count). The minimum atomic E-state index is -4.87. The second-order valence-electron chi connectivity index (χ2n) is 6.67. The molecule has 1 amide bonds. The Balaban J connectivity index is 1.91. The Labute approximate surface area is 144 Å². The molecule has 0 aromatic heterocycles. The number of aryl methyl sites for hydroxylation is 1. The van der Waals surface area contributed by atoms with Crippen LogP contribution in [0.25, 0.3) is 0 Å². The van der Waals surface area contributed by atoms with Gasteiger partial charge in [-0.05, 0) is 31.2 Å². The van der Waals surface area contributed by atoms with Crippen LogP contribution < -0.4 is 0 Å². The van der Waals surface area contributed by atoms with Gasteiger partial charge in [-0.15, -0.1) is 0 Å². The minimum absolute atomic E-state index is 0.173. The predicted octanol–water partition coefficient (Wildman–Crippen LogP) is 3.51. The van der Waals surface area contributed by atoms with E-state index in [2.05, 4.69) is 0 Å². The topological polar surface area (TPSA) is 57.6 Å². The number of carbonyl (C=O) groups excluding carboxylic acids is 1. The molecule has 0 saturated carbocycles. The van der Waals surface area contributed by atoms with Crippen molar-refractivity contribution in [3.63, 3.8) is 0 Å². The summed E-state index contributed by atoms with van der Waals surface area (Å²) in [6.07, 6.45) is -3.37. The average Bonchev–Trinajstić information content (AvgIpc) is 3.01. The molecule has 1 fully saturated rings. The van der Waals surface area contributed by atoms with E-state index in [4.69, 9.17) is 5.11 Å². The summed E-state index contributed by atoms with van der Waals surface area (Å²) in [7, 11) is 0. The standard InChI is InChI=1S/C18H22F3NO3/c1-13(6-5-9-14-7-3-2-4-8-14)15(23)22-11-10-17(12-22,16(24)25)18(19,20)21/h2-4,7-8,13H,5-6,9-12H2,1H3,(H,24,25). The third-order valence-electron chi connectivity index (χ3n) is 4.90. The Hall–Kier alpha value is -2.05. The van der Waals surface area contributed by atoms with Crippen molar-refractivity contribution in [1.82, 2.24) is 4.90 Å². The van der Waals surface area contributed by atoms with Crippen molar-refractivity contribution < 1.29 is 27.9 Å². The molecule has 0 bridgehead atoms. The lowest BCUT2D eigenvalue weighted by Crippen LogP contribution is -2.48. The molecule has 1 aliphatic heterocycles. The van der Waals surface area contributed by atoms with Crippen LogP contribution in [0.3, 0.4) is 0 Å². The van der Waals surface area contributed by atoms with Gasteiger partial charge in [0.05, 0.1) is 0 Å². The number of carboxylic acids is 1. The smallest absolute Gasteiger partial charge is 0.406 e. The zero-order valence-electron chi connectivity index (χ0n) is 14.1. The first-order valence-electron chi connectivity index (χ1n) is 8.30. The van der Waals surface area contributed by atoms with Gasteiger partial charge in [-0.1, -0.05) is 37.3 Å². The summed E-state index contributed by atoms with van der Waals surface area (Å²) >= 11 is 0. The number of amides is 1. The second kappa shape index (κ2) is 7.45. The van der Waals surface area contributed by atoms with Gasteiger partial charge in [-0.3, -0.25) is 9.59 Å². The fraction of sp³-hybridized carbons (Fsp3) is 0.556. The lowest BCUT2D eigenvalue weighted by molar-refractivity contribution is -0.227. The number of nitrogens with zero attached hydrogens (tertiary/aromatic N) is 1. The van der Waals surface area contributed by atoms with E-state index in [-0.39, 0.29) is 6.54 Å². The number of benzene rings is 1. The van der Waals surface area contributed by atoms with Crippen LogP contribution in [0.15, 0.2) is 30.3 Å². The van der Waals surface area contributed by atoms with Gasteiger partial charge < -0.3 is 10.0 Å². The molecule has 25 heavy (non-hydrogen) atoms. The van der Waals surface area contributed by atoms with Crippen LogP contribution in [-0.2, 0) is 16.0 Å². The fourth-order valence-electron chi connectivity index (χ4n) is 3.22. The molecule has 1 saturated heterocycles. The van der Waals surface area contributed by atoms with Crippen molar-refractivity contribution >= 4 is 11.9 Å². The summed E-state index contributed by atoms with van der Waals surface area (Å²) in [4.78, 5) is 24.6. The van der Waals surface area contributed by atoms with Gasteiger partial charge in [-0.2, -0.15) is 13.2 Å². The van der Waals surface area contributed by atoms with E-state index in [0.717, 1.165) is 23.3 Å². The Kier molecular flexibility index (Phi) is 5.75. The maximum absolute atomic E-state index is 13.2. The largest absolute Gasteiger partial charge is 0.481 e. The third-order valence-corrected chi connectivity index (χ3v) is 4.90. The van der Waals surface area contributed by atoms with Gasteiger partial charge in [0, 0.05) is 19.0 Å². The number of alkyl halides is 3. The van der Waals surface area contributed by atoms with Crippen molar-refractivity contribution in [3.05, 3.63) is 35.9 Å². The normalized spacial score (nSPS) is 22.0. The number of halogens is 3. The van der Waals surface area contributed by atoms with Crippen molar-refractivity contribution in [2.75, 3.05) is 13.1 Å². The van der Waals surface area contributed by atoms with Gasteiger partial charge in [0.1, 0.15) is 0 Å². The minimum Gasteiger partial charge on any atom is -0.481 e. The van der Waals surface area contributed by atoms with Gasteiger partial charge in [0.25, 0.3) is 0 Å². The zero-order valence-corrected chi connectivity index (χ0v) is 14.1. The van der Waals surface area contributed by atoms with Crippen molar-refractivity contribution in [2.24, 2.45) is 11.3 Å². The molecule has 4 nitrogen and oxygen atoms in total. The van der Waals surface area contributed by atoms with E-state index in [1.165, 1.54) is 0 Å². The van der Waals surface area contributed by atoms with Gasteiger partial charge in [0.2, 0.25) is 5.91 Å². The number of likely N-dealkylation sites (tertiary alicyclic amines) is 1. The van der Waals surface area contributed by atoms with E-state index in [1.54, 1.807) is 6.92 Å². The first-order chi connectivity index (χ1) is 11.7. The quantitative estimate of drug-likeness (QED) is 0.848. The monoisotopic (exact) mass is 357 g/mol. The van der Waals surface area contributed by atoms with Gasteiger partial charge >= 0.3 is 12.1 Å². The second-order valence-corrected chi connectivity index (χ2v) is 6.67. The summed E-state index contributed by atoms with van der Waals surface area (Å²) in [5.74, 6) is -2.74. The highest BCUT2D eigenvalue weighted by molar-refractivity contribution is 5.82. The SMILES string of the molecule is CC(CCCc1ccccc1)C(=O)N1CCC(C(=O)O)(C(F)(F)F)C1. The summed E-state index contributed by atoms with van der Waals surface area (Å²) in [6.45, 7) is 0.711. The Morgan fingerprint density at radius 3 is 2.44 bits per heavy atom. The molecule has 0 aliphatic carbocycles. The zero-order chi connectivity index (χ0) is 18.7. The fourth-order valence-corrected chi connectivity index (χ4v) is 3.22. The highest BCUT2D eigenvalue weighted by Gasteiger charge is 2.64. The van der Waals surface area contributed by atoms with Crippen LogP contribution in [0.2, 0.25) is 0 Å². The summed E-state index contributed by atoms with van der Waals surface area (Å²) in [5, 5.41) is 9.05. The van der Waals surface area contributed by atoms with E-state index in [9.17, 15) is 22.8 Å². The van der Waals surface area contributed by atoms with Gasteiger partial charge in [0.15, 0.2) is 5.41 Å². The van der Waals surface area contributed by atoms with E-state index < -0.39 is 42.4 Å². The van der Waals surface area contributed by atoms with Crippen molar-refractivity contribution in [2.45, 2.75) is 38.8 Å². The first kappa shape index (κ1) is 19.3. The summed E-state index contributed by atoms with van der Waals surface area (Å²) < 4.78 is 39.5. The molecule has 0 spiro atoms. The molecule has 1 aromatic rings. The number of carbonyl (C=O) groups is 2. The van der Waals surface area contributed by atoms with Crippen LogP contribution in [0.1, 0.15) is 31.7 Å². The molecular weight excluding hydrogens is 335 g/mol. The van der Waals surface area contributed by atoms with E-state index >= 15 is 0 Å². The van der Waals surface area contributed by atoms with Crippen molar-refractivity contribution in [3.8, 4) is 0 Å². The number of hydrogen-bond acceptors (Lipinski definition) is 2. The number of carboxylic acid groups (broad SMARTS) is 1. The highest BCUT2D eigenvalue weighted by Crippen LogP contribution is 2.46. The number of hydrogen-bond donors (Lipinski definition) is 1. The van der Waals surface area contributed by atoms with Crippen molar-refractivity contribution in [1.29, 1.82) is 0 Å². The molecule has 1 aliphatic rings. The van der Waals surface area contributed by atoms with Crippen LogP contribution >= 0.6 is 0 Å². The number of aliphatic carboxylic acids is 1.